The number of rotatable bonds is 2. The van der Waals surface area contributed by atoms with E-state index in [1.165, 1.54) is 14.7 Å². The lowest BCUT2D eigenvalue weighted by Crippen LogP contribution is -1.91. The fourth-order valence-electron chi connectivity index (χ4n) is 0.951. The summed E-state index contributed by atoms with van der Waals surface area (Å²) in [6.45, 7) is 2.81. The standard InChI is InChI=1S/C9H11IO/c1-7-3-4-9(10)5-8(7)6-11-2/h3-5H,6H2,1-2H3. The topological polar surface area (TPSA) is 9.23 Å². The minimum Gasteiger partial charge on any atom is -0.380 e. The van der Waals surface area contributed by atoms with Gasteiger partial charge in [0.15, 0.2) is 0 Å². The van der Waals surface area contributed by atoms with Crippen LogP contribution in [0, 0.1) is 10.5 Å². The number of halogens is 1. The molecule has 0 N–H and O–H groups in total. The highest BCUT2D eigenvalue weighted by atomic mass is 127. The van der Waals surface area contributed by atoms with Gasteiger partial charge in [-0.2, -0.15) is 0 Å². The Morgan fingerprint density at radius 1 is 1.45 bits per heavy atom. The van der Waals surface area contributed by atoms with Gasteiger partial charge >= 0.3 is 0 Å². The summed E-state index contributed by atoms with van der Waals surface area (Å²) in [5.74, 6) is 0. The molecular weight excluding hydrogens is 251 g/mol. The molecule has 0 aliphatic heterocycles. The van der Waals surface area contributed by atoms with Crippen molar-refractivity contribution >= 4 is 22.6 Å². The van der Waals surface area contributed by atoms with Crippen molar-refractivity contribution in [2.75, 3.05) is 7.11 Å². The molecule has 0 atom stereocenters. The number of aryl methyl sites for hydroxylation is 1. The lowest BCUT2D eigenvalue weighted by atomic mass is 10.1. The van der Waals surface area contributed by atoms with Gasteiger partial charge in [-0.3, -0.25) is 0 Å². The molecule has 0 amide bonds. The summed E-state index contributed by atoms with van der Waals surface area (Å²) in [4.78, 5) is 0. The lowest BCUT2D eigenvalue weighted by molar-refractivity contribution is 0.184. The lowest BCUT2D eigenvalue weighted by Gasteiger charge is -2.03. The number of hydrogen-bond acceptors (Lipinski definition) is 1. The Kier molecular flexibility index (Phi) is 3.33. The Bertz CT molecular complexity index is 245. The molecule has 0 bridgehead atoms. The molecule has 1 nitrogen and oxygen atoms in total. The highest BCUT2D eigenvalue weighted by Crippen LogP contribution is 2.13. The van der Waals surface area contributed by atoms with Crippen LogP contribution in [0.25, 0.3) is 0 Å². The highest BCUT2D eigenvalue weighted by Gasteiger charge is 1.97. The van der Waals surface area contributed by atoms with Gasteiger partial charge in [-0.1, -0.05) is 6.07 Å². The molecule has 0 aliphatic rings. The molecule has 0 aliphatic carbocycles. The van der Waals surface area contributed by atoms with Gasteiger partial charge in [-0.25, -0.2) is 0 Å². The van der Waals surface area contributed by atoms with Crippen LogP contribution >= 0.6 is 22.6 Å². The van der Waals surface area contributed by atoms with Crippen LogP contribution in [0.5, 0.6) is 0 Å². The first-order chi connectivity index (χ1) is 5.24. The average Bonchev–Trinajstić information content (AvgIpc) is 1.98. The van der Waals surface area contributed by atoms with E-state index in [1.807, 2.05) is 0 Å². The third kappa shape index (κ3) is 2.45. The zero-order chi connectivity index (χ0) is 8.27. The molecule has 2 heteroatoms. The van der Waals surface area contributed by atoms with E-state index in [2.05, 4.69) is 47.7 Å². The van der Waals surface area contributed by atoms with Crippen LogP contribution in [-0.4, -0.2) is 7.11 Å². The van der Waals surface area contributed by atoms with Gasteiger partial charge in [0.25, 0.3) is 0 Å². The molecule has 0 spiro atoms. The van der Waals surface area contributed by atoms with Crippen LogP contribution in [0.4, 0.5) is 0 Å². The number of benzene rings is 1. The number of methoxy groups -OCH3 is 1. The molecular formula is C9H11IO. The van der Waals surface area contributed by atoms with E-state index < -0.39 is 0 Å². The molecule has 0 saturated carbocycles. The van der Waals surface area contributed by atoms with E-state index in [9.17, 15) is 0 Å². The minimum atomic E-state index is 0.711. The van der Waals surface area contributed by atoms with Gasteiger partial charge in [0, 0.05) is 10.7 Å². The molecule has 0 unspecified atom stereocenters. The van der Waals surface area contributed by atoms with E-state index in [0.717, 1.165) is 0 Å². The van der Waals surface area contributed by atoms with Crippen molar-refractivity contribution < 1.29 is 4.74 Å². The maximum Gasteiger partial charge on any atom is 0.0716 e. The minimum absolute atomic E-state index is 0.711. The predicted octanol–water partition coefficient (Wildman–Crippen LogP) is 2.75. The van der Waals surface area contributed by atoms with Crippen molar-refractivity contribution in [3.8, 4) is 0 Å². The molecule has 0 saturated heterocycles. The third-order valence-electron chi connectivity index (χ3n) is 1.61. The van der Waals surface area contributed by atoms with Crippen molar-refractivity contribution in [1.29, 1.82) is 0 Å². The Labute approximate surface area is 80.9 Å². The molecule has 0 fully saturated rings. The second kappa shape index (κ2) is 4.07. The fourth-order valence-corrected chi connectivity index (χ4v) is 1.51. The zero-order valence-corrected chi connectivity index (χ0v) is 8.88. The summed E-state index contributed by atoms with van der Waals surface area (Å²) >= 11 is 2.31. The highest BCUT2D eigenvalue weighted by molar-refractivity contribution is 14.1. The SMILES string of the molecule is COCc1cc(I)ccc1C. The van der Waals surface area contributed by atoms with Gasteiger partial charge < -0.3 is 4.74 Å². The second-order valence-electron chi connectivity index (χ2n) is 2.50. The molecule has 0 aromatic heterocycles. The maximum atomic E-state index is 5.06. The van der Waals surface area contributed by atoms with Gasteiger partial charge in [-0.05, 0) is 52.8 Å². The number of hydrogen-bond donors (Lipinski definition) is 0. The molecule has 60 valence electrons. The van der Waals surface area contributed by atoms with E-state index in [1.54, 1.807) is 7.11 Å². The average molecular weight is 262 g/mol. The fraction of sp³-hybridized carbons (Fsp3) is 0.333. The predicted molar refractivity (Wildman–Crippen MR) is 54.6 cm³/mol. The van der Waals surface area contributed by atoms with E-state index >= 15 is 0 Å². The molecule has 0 radical (unpaired) electrons. The van der Waals surface area contributed by atoms with Gasteiger partial charge in [-0.15, -0.1) is 0 Å². The monoisotopic (exact) mass is 262 g/mol. The van der Waals surface area contributed by atoms with Crippen molar-refractivity contribution in [2.45, 2.75) is 13.5 Å². The molecule has 11 heavy (non-hydrogen) atoms. The largest absolute Gasteiger partial charge is 0.380 e. The molecule has 1 aromatic rings. The zero-order valence-electron chi connectivity index (χ0n) is 6.73. The summed E-state index contributed by atoms with van der Waals surface area (Å²) in [6, 6.07) is 6.38. The van der Waals surface area contributed by atoms with Crippen LogP contribution < -0.4 is 0 Å². The van der Waals surface area contributed by atoms with Crippen molar-refractivity contribution in [3.63, 3.8) is 0 Å². The first-order valence-electron chi connectivity index (χ1n) is 3.48. The number of ether oxygens (including phenoxy) is 1. The van der Waals surface area contributed by atoms with Gasteiger partial charge in [0.1, 0.15) is 0 Å². The molecule has 1 rings (SSSR count). The van der Waals surface area contributed by atoms with Gasteiger partial charge in [0.2, 0.25) is 0 Å². The second-order valence-corrected chi connectivity index (χ2v) is 3.75. The summed E-state index contributed by atoms with van der Waals surface area (Å²) in [7, 11) is 1.72. The summed E-state index contributed by atoms with van der Waals surface area (Å²) in [6.07, 6.45) is 0. The normalized spacial score (nSPS) is 10.1. The Hall–Kier alpha value is -0.0900. The van der Waals surface area contributed by atoms with Crippen molar-refractivity contribution in [3.05, 3.63) is 32.9 Å². The third-order valence-corrected chi connectivity index (χ3v) is 2.28. The molecule has 0 heterocycles. The molecule has 1 aromatic carbocycles. The maximum absolute atomic E-state index is 5.06. The summed E-state index contributed by atoms with van der Waals surface area (Å²) in [5, 5.41) is 0. The van der Waals surface area contributed by atoms with E-state index in [4.69, 9.17) is 4.74 Å². The quantitative estimate of drug-likeness (QED) is 0.744. The van der Waals surface area contributed by atoms with E-state index in [-0.39, 0.29) is 0 Å². The Balaban J connectivity index is 2.93. The van der Waals surface area contributed by atoms with Crippen LogP contribution in [0.1, 0.15) is 11.1 Å². The summed E-state index contributed by atoms with van der Waals surface area (Å²) < 4.78 is 6.32. The summed E-state index contributed by atoms with van der Waals surface area (Å²) in [5.41, 5.74) is 2.58. The van der Waals surface area contributed by atoms with Crippen molar-refractivity contribution in [2.24, 2.45) is 0 Å². The van der Waals surface area contributed by atoms with Crippen LogP contribution in [0.3, 0.4) is 0 Å². The first-order valence-corrected chi connectivity index (χ1v) is 4.56. The van der Waals surface area contributed by atoms with Crippen LogP contribution in [0.15, 0.2) is 18.2 Å². The Morgan fingerprint density at radius 2 is 2.18 bits per heavy atom. The van der Waals surface area contributed by atoms with Crippen LogP contribution in [-0.2, 0) is 11.3 Å². The van der Waals surface area contributed by atoms with Gasteiger partial charge in [0.05, 0.1) is 6.61 Å². The van der Waals surface area contributed by atoms with Crippen LogP contribution in [0.2, 0.25) is 0 Å². The first kappa shape index (κ1) is 9.00. The Morgan fingerprint density at radius 3 is 2.82 bits per heavy atom. The smallest absolute Gasteiger partial charge is 0.0716 e. The van der Waals surface area contributed by atoms with Crippen molar-refractivity contribution in [1.82, 2.24) is 0 Å². The van der Waals surface area contributed by atoms with E-state index in [0.29, 0.717) is 6.61 Å².